The molecule has 0 unspecified atom stereocenters. The van der Waals surface area contributed by atoms with Gasteiger partial charge < -0.3 is 10.1 Å². The van der Waals surface area contributed by atoms with Gasteiger partial charge in [0.2, 0.25) is 5.91 Å². The van der Waals surface area contributed by atoms with Gasteiger partial charge in [-0.3, -0.25) is 9.69 Å². The second kappa shape index (κ2) is 9.62. The molecule has 4 nitrogen and oxygen atoms in total. The molecule has 1 saturated heterocycles. The highest BCUT2D eigenvalue weighted by molar-refractivity contribution is 5.83. The summed E-state index contributed by atoms with van der Waals surface area (Å²) in [5.41, 5.74) is 2.08. The van der Waals surface area contributed by atoms with Gasteiger partial charge in [0, 0.05) is 25.2 Å². The van der Waals surface area contributed by atoms with Gasteiger partial charge in [0.05, 0.1) is 19.1 Å². The van der Waals surface area contributed by atoms with Gasteiger partial charge in [-0.1, -0.05) is 42.5 Å². The number of morpholine rings is 1. The lowest BCUT2D eigenvalue weighted by atomic mass is 9.96. The van der Waals surface area contributed by atoms with Crippen molar-refractivity contribution in [2.45, 2.75) is 19.3 Å². The van der Waals surface area contributed by atoms with Gasteiger partial charge in [0.1, 0.15) is 5.82 Å². The summed E-state index contributed by atoms with van der Waals surface area (Å²) in [6.45, 7) is 6.88. The number of halogens is 1. The summed E-state index contributed by atoms with van der Waals surface area (Å²) >= 11 is 0. The van der Waals surface area contributed by atoms with Gasteiger partial charge in [-0.25, -0.2) is 4.39 Å². The van der Waals surface area contributed by atoms with E-state index >= 15 is 0 Å². The van der Waals surface area contributed by atoms with Crippen molar-refractivity contribution < 1.29 is 13.9 Å². The maximum absolute atomic E-state index is 14.5. The van der Waals surface area contributed by atoms with Crippen LogP contribution in [0, 0.1) is 5.82 Å². The van der Waals surface area contributed by atoms with Crippen LogP contribution in [0.5, 0.6) is 0 Å². The number of amides is 1. The molecular formula is C22H27FN2O2. The van der Waals surface area contributed by atoms with Crippen molar-refractivity contribution in [3.05, 3.63) is 59.9 Å². The summed E-state index contributed by atoms with van der Waals surface area (Å²) in [6.07, 6.45) is 0.903. The van der Waals surface area contributed by atoms with Gasteiger partial charge in [-0.15, -0.1) is 0 Å². The zero-order chi connectivity index (χ0) is 19.1. The fourth-order valence-corrected chi connectivity index (χ4v) is 3.30. The lowest BCUT2D eigenvalue weighted by Crippen LogP contribution is -2.38. The highest BCUT2D eigenvalue weighted by Gasteiger charge is 2.17. The second-order valence-electron chi connectivity index (χ2n) is 6.93. The highest BCUT2D eigenvalue weighted by Crippen LogP contribution is 2.26. The predicted molar refractivity (Wildman–Crippen MR) is 105 cm³/mol. The quantitative estimate of drug-likeness (QED) is 0.759. The fraction of sp³-hybridized carbons (Fsp3) is 0.409. The molecule has 0 saturated carbocycles. The van der Waals surface area contributed by atoms with Crippen LogP contribution in [0.2, 0.25) is 0 Å². The van der Waals surface area contributed by atoms with Crippen molar-refractivity contribution in [3.63, 3.8) is 0 Å². The van der Waals surface area contributed by atoms with E-state index in [2.05, 4.69) is 10.2 Å². The smallest absolute Gasteiger partial charge is 0.227 e. The van der Waals surface area contributed by atoms with Crippen LogP contribution >= 0.6 is 0 Å². The molecule has 0 radical (unpaired) electrons. The molecule has 144 valence electrons. The van der Waals surface area contributed by atoms with Crippen molar-refractivity contribution in [3.8, 4) is 11.1 Å². The van der Waals surface area contributed by atoms with Crippen LogP contribution in [0.1, 0.15) is 24.8 Å². The number of ether oxygens (including phenoxy) is 1. The molecule has 3 rings (SSSR count). The Balaban J connectivity index is 1.51. The van der Waals surface area contributed by atoms with E-state index in [4.69, 9.17) is 4.74 Å². The molecule has 5 heteroatoms. The van der Waals surface area contributed by atoms with E-state index in [-0.39, 0.29) is 17.6 Å². The minimum absolute atomic E-state index is 0.0659. The Morgan fingerprint density at radius 1 is 1.19 bits per heavy atom. The molecule has 1 atom stereocenters. The van der Waals surface area contributed by atoms with Crippen molar-refractivity contribution in [2.24, 2.45) is 0 Å². The zero-order valence-corrected chi connectivity index (χ0v) is 15.8. The average Bonchev–Trinajstić information content (AvgIpc) is 2.72. The SMILES string of the molecule is C[C@H](C(=O)NCCCN1CCOCC1)c1ccc(-c2ccccc2)c(F)c1. The predicted octanol–water partition coefficient (Wildman–Crippen LogP) is 3.43. The summed E-state index contributed by atoms with van der Waals surface area (Å²) in [7, 11) is 0. The first-order valence-corrected chi connectivity index (χ1v) is 9.58. The van der Waals surface area contributed by atoms with Crippen LogP contribution < -0.4 is 5.32 Å². The van der Waals surface area contributed by atoms with E-state index in [0.29, 0.717) is 17.7 Å². The van der Waals surface area contributed by atoms with E-state index in [0.717, 1.165) is 44.8 Å². The number of carbonyl (C=O) groups is 1. The molecule has 1 aliphatic heterocycles. The van der Waals surface area contributed by atoms with Gasteiger partial charge >= 0.3 is 0 Å². The van der Waals surface area contributed by atoms with E-state index < -0.39 is 0 Å². The normalized spacial score (nSPS) is 16.1. The second-order valence-corrected chi connectivity index (χ2v) is 6.93. The van der Waals surface area contributed by atoms with Crippen LogP contribution in [0.4, 0.5) is 4.39 Å². The number of nitrogens with one attached hydrogen (secondary N) is 1. The number of rotatable bonds is 7. The van der Waals surface area contributed by atoms with Crippen LogP contribution in [0.3, 0.4) is 0 Å². The number of benzene rings is 2. The first-order valence-electron chi connectivity index (χ1n) is 9.58. The Labute approximate surface area is 160 Å². The summed E-state index contributed by atoms with van der Waals surface area (Å²) in [5.74, 6) is -0.748. The van der Waals surface area contributed by atoms with Gasteiger partial charge in [-0.05, 0) is 37.1 Å². The monoisotopic (exact) mass is 370 g/mol. The molecule has 1 N–H and O–H groups in total. The average molecular weight is 370 g/mol. The topological polar surface area (TPSA) is 41.6 Å². The summed E-state index contributed by atoms with van der Waals surface area (Å²) in [6, 6.07) is 14.5. The van der Waals surface area contributed by atoms with Crippen molar-refractivity contribution >= 4 is 5.91 Å². The minimum atomic E-state index is -0.382. The number of carbonyl (C=O) groups excluding carboxylic acids is 1. The molecule has 2 aromatic rings. The maximum Gasteiger partial charge on any atom is 0.227 e. The summed E-state index contributed by atoms with van der Waals surface area (Å²) in [4.78, 5) is 14.7. The fourth-order valence-electron chi connectivity index (χ4n) is 3.30. The van der Waals surface area contributed by atoms with E-state index in [1.54, 1.807) is 6.07 Å². The van der Waals surface area contributed by atoms with Crippen molar-refractivity contribution in [1.82, 2.24) is 10.2 Å². The lowest BCUT2D eigenvalue weighted by molar-refractivity contribution is -0.122. The summed E-state index contributed by atoms with van der Waals surface area (Å²) < 4.78 is 19.9. The third-order valence-electron chi connectivity index (χ3n) is 5.03. The Bertz CT molecular complexity index is 745. The van der Waals surface area contributed by atoms with Crippen LogP contribution in [0.15, 0.2) is 48.5 Å². The molecule has 1 aliphatic rings. The van der Waals surface area contributed by atoms with Crippen LogP contribution in [0.25, 0.3) is 11.1 Å². The number of nitrogens with zero attached hydrogens (tertiary/aromatic N) is 1. The molecule has 0 aromatic heterocycles. The number of hydrogen-bond acceptors (Lipinski definition) is 3. The molecule has 27 heavy (non-hydrogen) atoms. The third kappa shape index (κ3) is 5.37. The third-order valence-corrected chi connectivity index (χ3v) is 5.03. The Morgan fingerprint density at radius 2 is 1.93 bits per heavy atom. The molecule has 0 spiro atoms. The first kappa shape index (κ1) is 19.5. The molecule has 2 aromatic carbocycles. The molecule has 0 aliphatic carbocycles. The van der Waals surface area contributed by atoms with E-state index in [1.807, 2.05) is 43.3 Å². The highest BCUT2D eigenvalue weighted by atomic mass is 19.1. The Hall–Kier alpha value is -2.24. The Morgan fingerprint density at radius 3 is 2.63 bits per heavy atom. The number of hydrogen-bond donors (Lipinski definition) is 1. The molecule has 1 fully saturated rings. The van der Waals surface area contributed by atoms with Crippen molar-refractivity contribution in [2.75, 3.05) is 39.4 Å². The molecule has 1 heterocycles. The van der Waals surface area contributed by atoms with E-state index in [9.17, 15) is 9.18 Å². The maximum atomic E-state index is 14.5. The van der Waals surface area contributed by atoms with Gasteiger partial charge in [0.25, 0.3) is 0 Å². The molecule has 0 bridgehead atoms. The largest absolute Gasteiger partial charge is 0.379 e. The standard InChI is InChI=1S/C22H27FN2O2/c1-17(22(26)24-10-5-11-25-12-14-27-15-13-25)19-8-9-20(21(23)16-19)18-6-3-2-4-7-18/h2-4,6-9,16-17H,5,10-15H2,1H3,(H,24,26)/t17-/m0/s1. The van der Waals surface area contributed by atoms with E-state index in [1.165, 1.54) is 6.07 Å². The van der Waals surface area contributed by atoms with Gasteiger partial charge in [-0.2, -0.15) is 0 Å². The van der Waals surface area contributed by atoms with Crippen molar-refractivity contribution in [1.29, 1.82) is 0 Å². The summed E-state index contributed by atoms with van der Waals surface area (Å²) in [5, 5.41) is 2.97. The van der Waals surface area contributed by atoms with Crippen LogP contribution in [-0.4, -0.2) is 50.2 Å². The lowest BCUT2D eigenvalue weighted by Gasteiger charge is -2.26. The molecule has 1 amide bonds. The Kier molecular flexibility index (Phi) is 6.96. The zero-order valence-electron chi connectivity index (χ0n) is 15.8. The first-order chi connectivity index (χ1) is 13.1. The minimum Gasteiger partial charge on any atom is -0.379 e. The van der Waals surface area contributed by atoms with Gasteiger partial charge in [0.15, 0.2) is 0 Å². The molecular weight excluding hydrogens is 343 g/mol. The van der Waals surface area contributed by atoms with Crippen LogP contribution in [-0.2, 0) is 9.53 Å².